The van der Waals surface area contributed by atoms with Gasteiger partial charge in [-0.3, -0.25) is 0 Å². The van der Waals surface area contributed by atoms with Gasteiger partial charge in [0.05, 0.1) is 6.10 Å². The first-order valence-electron chi connectivity index (χ1n) is 9.05. The minimum Gasteiger partial charge on any atom is -0.393 e. The molecule has 0 aromatic carbocycles. The van der Waals surface area contributed by atoms with E-state index < -0.39 is 0 Å². The second-order valence-electron chi connectivity index (χ2n) is 8.73. The standard InChI is InChI=1S/C18H34N2O/c1-18(2)8-6-17(21)15(11-18)13-20-10-7-16-14(12-20)5-4-9-19(16)3/h14-17,21H,4-13H2,1-3H3. The van der Waals surface area contributed by atoms with Crippen LogP contribution in [0, 0.1) is 17.3 Å². The van der Waals surface area contributed by atoms with E-state index in [0.29, 0.717) is 11.3 Å². The van der Waals surface area contributed by atoms with Crippen LogP contribution in [0.3, 0.4) is 0 Å². The maximum absolute atomic E-state index is 10.4. The van der Waals surface area contributed by atoms with Crippen molar-refractivity contribution in [3.63, 3.8) is 0 Å². The van der Waals surface area contributed by atoms with Gasteiger partial charge in [0.2, 0.25) is 0 Å². The Morgan fingerprint density at radius 1 is 1.14 bits per heavy atom. The molecule has 0 aromatic rings. The predicted molar refractivity (Wildman–Crippen MR) is 87.3 cm³/mol. The summed E-state index contributed by atoms with van der Waals surface area (Å²) in [4.78, 5) is 5.25. The van der Waals surface area contributed by atoms with Crippen molar-refractivity contribution in [2.45, 2.75) is 64.5 Å². The summed E-state index contributed by atoms with van der Waals surface area (Å²) in [6, 6.07) is 0.822. The molecule has 21 heavy (non-hydrogen) atoms. The summed E-state index contributed by atoms with van der Waals surface area (Å²) in [7, 11) is 2.31. The molecule has 3 rings (SSSR count). The quantitative estimate of drug-likeness (QED) is 0.848. The summed E-state index contributed by atoms with van der Waals surface area (Å²) in [5.74, 6) is 1.36. The third-order valence-corrected chi connectivity index (χ3v) is 6.40. The predicted octanol–water partition coefficient (Wildman–Crippen LogP) is 2.59. The molecule has 0 aromatic heterocycles. The average molecular weight is 294 g/mol. The molecule has 1 aliphatic carbocycles. The lowest BCUT2D eigenvalue weighted by atomic mass is 9.70. The molecule has 0 bridgehead atoms. The molecule has 4 unspecified atom stereocenters. The smallest absolute Gasteiger partial charge is 0.0581 e. The summed E-state index contributed by atoms with van der Waals surface area (Å²) < 4.78 is 0. The van der Waals surface area contributed by atoms with Crippen LogP contribution in [-0.4, -0.2) is 60.3 Å². The van der Waals surface area contributed by atoms with Gasteiger partial charge in [-0.2, -0.15) is 0 Å². The highest BCUT2D eigenvalue weighted by molar-refractivity contribution is 4.92. The van der Waals surface area contributed by atoms with Gasteiger partial charge in [-0.1, -0.05) is 13.8 Å². The van der Waals surface area contributed by atoms with Crippen LogP contribution in [0.2, 0.25) is 0 Å². The van der Waals surface area contributed by atoms with E-state index in [1.54, 1.807) is 0 Å². The molecule has 1 N–H and O–H groups in total. The molecule has 3 nitrogen and oxygen atoms in total. The molecule has 0 amide bonds. The molecule has 0 spiro atoms. The topological polar surface area (TPSA) is 26.7 Å². The zero-order valence-electron chi connectivity index (χ0n) is 14.2. The van der Waals surface area contributed by atoms with Crippen LogP contribution in [0.15, 0.2) is 0 Å². The second kappa shape index (κ2) is 6.17. The summed E-state index contributed by atoms with van der Waals surface area (Å²) in [5.41, 5.74) is 0.424. The van der Waals surface area contributed by atoms with Gasteiger partial charge in [-0.25, -0.2) is 0 Å². The number of rotatable bonds is 2. The largest absolute Gasteiger partial charge is 0.393 e. The van der Waals surface area contributed by atoms with Crippen molar-refractivity contribution in [1.29, 1.82) is 0 Å². The third-order valence-electron chi connectivity index (χ3n) is 6.40. The first kappa shape index (κ1) is 15.8. The molecule has 4 atom stereocenters. The number of aliphatic hydroxyl groups excluding tert-OH is 1. The lowest BCUT2D eigenvalue weighted by molar-refractivity contribution is -0.0178. The summed E-state index contributed by atoms with van der Waals surface area (Å²) in [6.45, 7) is 9.64. The third kappa shape index (κ3) is 3.62. The SMILES string of the molecule is CN1CCCC2CN(CC3CC(C)(C)CCC3O)CCC21. The average Bonchev–Trinajstić information content (AvgIpc) is 2.43. The number of hydrogen-bond donors (Lipinski definition) is 1. The zero-order chi connectivity index (χ0) is 15.0. The Morgan fingerprint density at radius 3 is 2.76 bits per heavy atom. The molecular formula is C18H34N2O. The van der Waals surface area contributed by atoms with E-state index in [4.69, 9.17) is 0 Å². The molecule has 2 aliphatic heterocycles. The van der Waals surface area contributed by atoms with Crippen LogP contribution in [0.25, 0.3) is 0 Å². The Kier molecular flexibility index (Phi) is 4.63. The summed E-state index contributed by atoms with van der Waals surface area (Å²) in [5, 5.41) is 10.4. The highest BCUT2D eigenvalue weighted by Crippen LogP contribution is 2.39. The van der Waals surface area contributed by atoms with Crippen molar-refractivity contribution in [1.82, 2.24) is 9.80 Å². The lowest BCUT2D eigenvalue weighted by Crippen LogP contribution is -2.54. The fraction of sp³-hybridized carbons (Fsp3) is 1.00. The molecular weight excluding hydrogens is 260 g/mol. The van der Waals surface area contributed by atoms with Crippen molar-refractivity contribution in [2.75, 3.05) is 33.2 Å². The molecule has 0 radical (unpaired) electrons. The monoisotopic (exact) mass is 294 g/mol. The number of piperidine rings is 2. The number of likely N-dealkylation sites (tertiary alicyclic amines) is 2. The minimum atomic E-state index is -0.0650. The first-order valence-corrected chi connectivity index (χ1v) is 9.05. The molecule has 122 valence electrons. The Labute approximate surface area is 130 Å². The molecule has 2 heterocycles. The van der Waals surface area contributed by atoms with E-state index >= 15 is 0 Å². The Balaban J connectivity index is 1.56. The lowest BCUT2D eigenvalue weighted by Gasteiger charge is -2.48. The van der Waals surface area contributed by atoms with Crippen LogP contribution < -0.4 is 0 Å². The van der Waals surface area contributed by atoms with Gasteiger partial charge in [0, 0.05) is 19.1 Å². The van der Waals surface area contributed by atoms with Crippen molar-refractivity contribution in [3.05, 3.63) is 0 Å². The first-order chi connectivity index (χ1) is 9.94. The minimum absolute atomic E-state index is 0.0650. The maximum atomic E-state index is 10.4. The zero-order valence-corrected chi connectivity index (χ0v) is 14.2. The molecule has 3 fully saturated rings. The highest BCUT2D eigenvalue weighted by Gasteiger charge is 2.38. The molecule has 2 saturated heterocycles. The van der Waals surface area contributed by atoms with Crippen molar-refractivity contribution in [2.24, 2.45) is 17.3 Å². The second-order valence-corrected chi connectivity index (χ2v) is 8.73. The van der Waals surface area contributed by atoms with Gasteiger partial charge in [0.25, 0.3) is 0 Å². The van der Waals surface area contributed by atoms with Crippen molar-refractivity contribution < 1.29 is 5.11 Å². The van der Waals surface area contributed by atoms with Gasteiger partial charge < -0.3 is 14.9 Å². The fourth-order valence-electron chi connectivity index (χ4n) is 5.13. The maximum Gasteiger partial charge on any atom is 0.0581 e. The van der Waals surface area contributed by atoms with Crippen LogP contribution in [-0.2, 0) is 0 Å². The molecule has 1 saturated carbocycles. The molecule has 3 heteroatoms. The van der Waals surface area contributed by atoms with E-state index in [1.165, 1.54) is 51.7 Å². The van der Waals surface area contributed by atoms with E-state index in [1.807, 2.05) is 0 Å². The van der Waals surface area contributed by atoms with Crippen molar-refractivity contribution in [3.8, 4) is 0 Å². The van der Waals surface area contributed by atoms with Gasteiger partial charge >= 0.3 is 0 Å². The van der Waals surface area contributed by atoms with Gasteiger partial charge in [0.1, 0.15) is 0 Å². The molecule has 3 aliphatic rings. The number of nitrogens with zero attached hydrogens (tertiary/aromatic N) is 2. The van der Waals surface area contributed by atoms with Gasteiger partial charge in [-0.05, 0) is 75.9 Å². The number of hydrogen-bond acceptors (Lipinski definition) is 3. The van der Waals surface area contributed by atoms with Crippen LogP contribution >= 0.6 is 0 Å². The van der Waals surface area contributed by atoms with Gasteiger partial charge in [0.15, 0.2) is 0 Å². The summed E-state index contributed by atoms with van der Waals surface area (Å²) in [6.07, 6.45) is 7.41. The fourth-order valence-corrected chi connectivity index (χ4v) is 5.13. The van der Waals surface area contributed by atoms with Crippen LogP contribution in [0.4, 0.5) is 0 Å². The Morgan fingerprint density at radius 2 is 1.95 bits per heavy atom. The van der Waals surface area contributed by atoms with E-state index in [9.17, 15) is 5.11 Å². The van der Waals surface area contributed by atoms with Crippen LogP contribution in [0.5, 0.6) is 0 Å². The van der Waals surface area contributed by atoms with E-state index in [2.05, 4.69) is 30.7 Å². The highest BCUT2D eigenvalue weighted by atomic mass is 16.3. The van der Waals surface area contributed by atoms with Crippen molar-refractivity contribution >= 4 is 0 Å². The normalized spacial score (nSPS) is 41.7. The Hall–Kier alpha value is -0.120. The van der Waals surface area contributed by atoms with Crippen LogP contribution in [0.1, 0.15) is 52.4 Å². The van der Waals surface area contributed by atoms with Gasteiger partial charge in [-0.15, -0.1) is 0 Å². The summed E-state index contributed by atoms with van der Waals surface area (Å²) >= 11 is 0. The van der Waals surface area contributed by atoms with E-state index in [-0.39, 0.29) is 6.10 Å². The Bertz CT molecular complexity index is 357. The number of aliphatic hydroxyl groups is 1. The number of fused-ring (bicyclic) bond motifs is 1. The van der Waals surface area contributed by atoms with E-state index in [0.717, 1.165) is 24.9 Å².